The second kappa shape index (κ2) is 4.52. The summed E-state index contributed by atoms with van der Waals surface area (Å²) in [7, 11) is 2.17. The van der Waals surface area contributed by atoms with E-state index < -0.39 is 0 Å². The van der Waals surface area contributed by atoms with Crippen LogP contribution >= 0.6 is 0 Å². The second-order valence-electron chi connectivity index (χ2n) is 7.43. The van der Waals surface area contributed by atoms with E-state index in [2.05, 4.69) is 58.7 Å². The van der Waals surface area contributed by atoms with Crippen molar-refractivity contribution in [3.05, 3.63) is 28.8 Å². The van der Waals surface area contributed by atoms with Gasteiger partial charge in [0, 0.05) is 24.8 Å². The van der Waals surface area contributed by atoms with E-state index in [4.69, 9.17) is 5.73 Å². The molecule has 0 saturated heterocycles. The lowest BCUT2D eigenvalue weighted by Crippen LogP contribution is -2.37. The van der Waals surface area contributed by atoms with E-state index >= 15 is 0 Å². The molecule has 1 saturated carbocycles. The van der Waals surface area contributed by atoms with Gasteiger partial charge in [0.05, 0.1) is 0 Å². The number of hydrogen-bond acceptors (Lipinski definition) is 2. The predicted molar refractivity (Wildman–Crippen MR) is 84.0 cm³/mol. The summed E-state index contributed by atoms with van der Waals surface area (Å²) < 4.78 is 0. The van der Waals surface area contributed by atoms with Gasteiger partial charge in [0.15, 0.2) is 0 Å². The Morgan fingerprint density at radius 2 is 1.63 bits per heavy atom. The summed E-state index contributed by atoms with van der Waals surface area (Å²) >= 11 is 0. The van der Waals surface area contributed by atoms with Crippen molar-refractivity contribution in [2.24, 2.45) is 5.73 Å². The van der Waals surface area contributed by atoms with Gasteiger partial charge >= 0.3 is 0 Å². The molecule has 1 aliphatic carbocycles. The van der Waals surface area contributed by atoms with Gasteiger partial charge in [0.2, 0.25) is 0 Å². The van der Waals surface area contributed by atoms with Gasteiger partial charge in [-0.3, -0.25) is 0 Å². The Kier molecular flexibility index (Phi) is 3.42. The van der Waals surface area contributed by atoms with E-state index in [1.54, 1.807) is 0 Å². The highest BCUT2D eigenvalue weighted by Gasteiger charge is 2.39. The summed E-state index contributed by atoms with van der Waals surface area (Å²) in [5, 5.41) is 0. The number of nitrogens with zero attached hydrogens (tertiary/aromatic N) is 1. The molecule has 0 aromatic heterocycles. The number of nitrogens with two attached hydrogens (primary N) is 1. The molecule has 0 spiro atoms. The van der Waals surface area contributed by atoms with Crippen LogP contribution < -0.4 is 10.6 Å². The van der Waals surface area contributed by atoms with E-state index in [1.165, 1.54) is 22.4 Å². The smallest absolute Gasteiger partial charge is 0.0423 e. The quantitative estimate of drug-likeness (QED) is 0.901. The molecular weight excluding hydrogens is 232 g/mol. The van der Waals surface area contributed by atoms with Crippen LogP contribution in [0.5, 0.6) is 0 Å². The highest BCUT2D eigenvalue weighted by Crippen LogP contribution is 2.36. The Balaban J connectivity index is 2.31. The lowest BCUT2D eigenvalue weighted by atomic mass is 9.84. The van der Waals surface area contributed by atoms with Crippen molar-refractivity contribution >= 4 is 5.69 Å². The van der Waals surface area contributed by atoms with E-state index in [-0.39, 0.29) is 11.0 Å². The molecule has 2 heteroatoms. The number of hydrogen-bond donors (Lipinski definition) is 1. The Hall–Kier alpha value is -1.02. The first-order valence-corrected chi connectivity index (χ1v) is 7.24. The maximum absolute atomic E-state index is 6.24. The van der Waals surface area contributed by atoms with Crippen LogP contribution in [0.3, 0.4) is 0 Å². The van der Waals surface area contributed by atoms with Crippen LogP contribution in [0.25, 0.3) is 0 Å². The minimum absolute atomic E-state index is 0.0658. The zero-order valence-corrected chi connectivity index (χ0v) is 13.3. The number of likely N-dealkylation sites (N-methyl/N-ethyl adjacent to an activating group) is 1. The Labute approximate surface area is 118 Å². The molecule has 1 aromatic rings. The van der Waals surface area contributed by atoms with Crippen LogP contribution in [0.4, 0.5) is 5.69 Å². The minimum atomic E-state index is 0.0658. The first-order chi connectivity index (χ1) is 8.62. The van der Waals surface area contributed by atoms with Crippen molar-refractivity contribution in [1.29, 1.82) is 0 Å². The van der Waals surface area contributed by atoms with Crippen LogP contribution in [-0.2, 0) is 5.41 Å². The number of anilines is 1. The van der Waals surface area contributed by atoms with Crippen LogP contribution in [0.15, 0.2) is 12.1 Å². The van der Waals surface area contributed by atoms with Crippen molar-refractivity contribution in [1.82, 2.24) is 0 Å². The molecule has 1 aliphatic rings. The molecule has 0 atom stereocenters. The van der Waals surface area contributed by atoms with Gasteiger partial charge in [0.25, 0.3) is 0 Å². The Bertz CT molecular complexity index is 456. The molecule has 1 aromatic carbocycles. The zero-order valence-electron chi connectivity index (χ0n) is 13.3. The van der Waals surface area contributed by atoms with Gasteiger partial charge in [-0.1, -0.05) is 32.9 Å². The third kappa shape index (κ3) is 3.11. The minimum Gasteiger partial charge on any atom is -0.372 e. The van der Waals surface area contributed by atoms with E-state index in [1.807, 2.05) is 0 Å². The first kappa shape index (κ1) is 14.4. The van der Waals surface area contributed by atoms with E-state index in [0.717, 1.165) is 19.4 Å². The average Bonchev–Trinajstić information content (AvgIpc) is 2.93. The van der Waals surface area contributed by atoms with Gasteiger partial charge in [-0.05, 0) is 48.8 Å². The van der Waals surface area contributed by atoms with Crippen LogP contribution in [-0.4, -0.2) is 19.1 Å². The molecular formula is C17H28N2. The molecule has 0 heterocycles. The summed E-state index contributed by atoms with van der Waals surface area (Å²) in [6.45, 7) is 12.2. The van der Waals surface area contributed by atoms with Crippen molar-refractivity contribution in [3.8, 4) is 0 Å². The molecule has 1 fully saturated rings. The molecule has 0 aliphatic heterocycles. The molecule has 2 nitrogen and oxygen atoms in total. The molecule has 106 valence electrons. The third-order valence-corrected chi connectivity index (χ3v) is 4.18. The maximum atomic E-state index is 6.24. The van der Waals surface area contributed by atoms with Crippen molar-refractivity contribution < 1.29 is 0 Å². The third-order valence-electron chi connectivity index (χ3n) is 4.18. The number of benzene rings is 1. The lowest BCUT2D eigenvalue weighted by molar-refractivity contribution is 0.588. The number of rotatable bonds is 3. The highest BCUT2D eigenvalue weighted by atomic mass is 15.1. The van der Waals surface area contributed by atoms with Crippen LogP contribution in [0, 0.1) is 13.8 Å². The standard InChI is InChI=1S/C17H28N2/c1-12-9-14(16(3,4)5)10-13(2)15(12)19(6)11-17(18)7-8-17/h9-10H,7-8,11,18H2,1-6H3. The van der Waals surface area contributed by atoms with Crippen molar-refractivity contribution in [2.45, 2.75) is 58.4 Å². The van der Waals surface area contributed by atoms with Crippen molar-refractivity contribution in [3.63, 3.8) is 0 Å². The molecule has 0 radical (unpaired) electrons. The summed E-state index contributed by atoms with van der Waals surface area (Å²) in [6.07, 6.45) is 2.32. The average molecular weight is 260 g/mol. The maximum Gasteiger partial charge on any atom is 0.0423 e. The molecule has 19 heavy (non-hydrogen) atoms. The van der Waals surface area contributed by atoms with Gasteiger partial charge in [-0.15, -0.1) is 0 Å². The van der Waals surface area contributed by atoms with Gasteiger partial charge in [-0.25, -0.2) is 0 Å². The predicted octanol–water partition coefficient (Wildman–Crippen LogP) is 3.53. The fraction of sp³-hybridized carbons (Fsp3) is 0.647. The summed E-state index contributed by atoms with van der Waals surface area (Å²) in [4.78, 5) is 2.34. The summed E-state index contributed by atoms with van der Waals surface area (Å²) in [6, 6.07) is 4.66. The van der Waals surface area contributed by atoms with Gasteiger partial charge in [-0.2, -0.15) is 0 Å². The van der Waals surface area contributed by atoms with E-state index in [0.29, 0.717) is 0 Å². The SMILES string of the molecule is Cc1cc(C(C)(C)C)cc(C)c1N(C)CC1(N)CC1. The molecule has 0 bridgehead atoms. The van der Waals surface area contributed by atoms with Crippen LogP contribution in [0.1, 0.15) is 50.3 Å². The Morgan fingerprint density at radius 3 is 2.00 bits per heavy atom. The first-order valence-electron chi connectivity index (χ1n) is 7.24. The Morgan fingerprint density at radius 1 is 1.16 bits per heavy atom. The molecule has 0 unspecified atom stereocenters. The molecule has 2 N–H and O–H groups in total. The van der Waals surface area contributed by atoms with Crippen molar-refractivity contribution in [2.75, 3.05) is 18.5 Å². The topological polar surface area (TPSA) is 29.3 Å². The summed E-state index contributed by atoms with van der Waals surface area (Å²) in [5.74, 6) is 0. The van der Waals surface area contributed by atoms with Gasteiger partial charge < -0.3 is 10.6 Å². The lowest BCUT2D eigenvalue weighted by Gasteiger charge is -2.29. The fourth-order valence-corrected chi connectivity index (χ4v) is 2.86. The normalized spacial score (nSPS) is 17.4. The highest BCUT2D eigenvalue weighted by molar-refractivity contribution is 5.61. The fourth-order valence-electron chi connectivity index (χ4n) is 2.86. The van der Waals surface area contributed by atoms with Crippen LogP contribution in [0.2, 0.25) is 0 Å². The van der Waals surface area contributed by atoms with Gasteiger partial charge in [0.1, 0.15) is 0 Å². The number of aryl methyl sites for hydroxylation is 2. The second-order valence-corrected chi connectivity index (χ2v) is 7.43. The largest absolute Gasteiger partial charge is 0.372 e. The summed E-state index contributed by atoms with van der Waals surface area (Å²) in [5.41, 5.74) is 12.0. The molecule has 2 rings (SSSR count). The molecule has 0 amide bonds. The van der Waals surface area contributed by atoms with E-state index in [9.17, 15) is 0 Å². The zero-order chi connectivity index (χ0) is 14.4. The monoisotopic (exact) mass is 260 g/mol.